The number of nitrogens with one attached hydrogen (secondary N) is 2. The zero-order valence-corrected chi connectivity index (χ0v) is 17.0. The summed E-state index contributed by atoms with van der Waals surface area (Å²) in [5.41, 5.74) is 1.84. The second kappa shape index (κ2) is 9.26. The second-order valence-corrected chi connectivity index (χ2v) is 7.38. The lowest BCUT2D eigenvalue weighted by Crippen LogP contribution is -2.51. The molecule has 2 amide bonds. The lowest BCUT2D eigenvalue weighted by atomic mass is 10.1. The van der Waals surface area contributed by atoms with Crippen molar-refractivity contribution in [3.05, 3.63) is 73.1 Å². The van der Waals surface area contributed by atoms with Crippen molar-refractivity contribution < 1.29 is 4.79 Å². The van der Waals surface area contributed by atoms with Crippen LogP contribution in [0.1, 0.15) is 12.8 Å². The Hall–Kier alpha value is -3.61. The molecule has 0 unspecified atom stereocenters. The van der Waals surface area contributed by atoms with Gasteiger partial charge in [0.1, 0.15) is 5.82 Å². The first-order chi connectivity index (χ1) is 14.7. The van der Waals surface area contributed by atoms with Crippen LogP contribution in [0.25, 0.3) is 0 Å². The Kier molecular flexibility index (Phi) is 6.08. The summed E-state index contributed by atoms with van der Waals surface area (Å²) in [7, 11) is 1.79. The molecule has 2 N–H and O–H groups in total. The summed E-state index contributed by atoms with van der Waals surface area (Å²) in [5, 5.41) is 6.44. The third kappa shape index (κ3) is 4.86. The Morgan fingerprint density at radius 1 is 1.07 bits per heavy atom. The van der Waals surface area contributed by atoms with Gasteiger partial charge in [0, 0.05) is 37.6 Å². The Bertz CT molecular complexity index is 966. The second-order valence-electron chi connectivity index (χ2n) is 7.38. The Balaban J connectivity index is 1.39. The Morgan fingerprint density at radius 3 is 2.57 bits per heavy atom. The number of hydrogen-bond donors (Lipinski definition) is 2. The van der Waals surface area contributed by atoms with E-state index >= 15 is 0 Å². The van der Waals surface area contributed by atoms with Gasteiger partial charge < -0.3 is 15.5 Å². The van der Waals surface area contributed by atoms with Crippen molar-refractivity contribution in [2.45, 2.75) is 18.9 Å². The van der Waals surface area contributed by atoms with Crippen LogP contribution in [0.4, 0.5) is 27.8 Å². The Morgan fingerprint density at radius 2 is 1.80 bits per heavy atom. The summed E-state index contributed by atoms with van der Waals surface area (Å²) >= 11 is 0. The van der Waals surface area contributed by atoms with E-state index in [1.165, 1.54) is 0 Å². The monoisotopic (exact) mass is 402 g/mol. The van der Waals surface area contributed by atoms with E-state index in [0.717, 1.165) is 36.6 Å². The number of para-hydroxylation sites is 2. The molecule has 1 aliphatic rings. The summed E-state index contributed by atoms with van der Waals surface area (Å²) in [6, 6.07) is 19.5. The summed E-state index contributed by atoms with van der Waals surface area (Å²) in [6.45, 7) is 1.60. The van der Waals surface area contributed by atoms with Crippen molar-refractivity contribution in [3.8, 4) is 0 Å². The van der Waals surface area contributed by atoms with Crippen LogP contribution >= 0.6 is 0 Å². The van der Waals surface area contributed by atoms with E-state index in [4.69, 9.17) is 4.98 Å². The average molecular weight is 403 g/mol. The van der Waals surface area contributed by atoms with Gasteiger partial charge in [-0.2, -0.15) is 0 Å². The lowest BCUT2D eigenvalue weighted by molar-refractivity contribution is 0.242. The van der Waals surface area contributed by atoms with E-state index in [0.29, 0.717) is 12.4 Å². The molecule has 7 nitrogen and oxygen atoms in total. The molecule has 2 heterocycles. The number of urea groups is 1. The van der Waals surface area contributed by atoms with Crippen molar-refractivity contribution in [2.24, 2.45) is 0 Å². The van der Waals surface area contributed by atoms with Gasteiger partial charge in [0.2, 0.25) is 0 Å². The molecule has 7 heteroatoms. The molecule has 154 valence electrons. The molecule has 1 aromatic heterocycles. The number of amides is 2. The van der Waals surface area contributed by atoms with E-state index in [-0.39, 0.29) is 12.1 Å². The van der Waals surface area contributed by atoms with Crippen LogP contribution in [0.3, 0.4) is 0 Å². The molecule has 1 aliphatic heterocycles. The normalized spacial score (nSPS) is 16.0. The largest absolute Gasteiger partial charge is 0.353 e. The molecule has 1 saturated heterocycles. The van der Waals surface area contributed by atoms with Crippen LogP contribution in [0.15, 0.2) is 73.1 Å². The van der Waals surface area contributed by atoms with Gasteiger partial charge in [-0.3, -0.25) is 9.88 Å². The summed E-state index contributed by atoms with van der Waals surface area (Å²) in [6.07, 6.45) is 5.42. The fraction of sp³-hybridized carbons (Fsp3) is 0.261. The molecule has 0 bridgehead atoms. The maximum absolute atomic E-state index is 12.7. The van der Waals surface area contributed by atoms with Crippen LogP contribution in [-0.2, 0) is 0 Å². The van der Waals surface area contributed by atoms with E-state index in [9.17, 15) is 4.79 Å². The van der Waals surface area contributed by atoms with E-state index in [1.54, 1.807) is 24.3 Å². The highest BCUT2D eigenvalue weighted by atomic mass is 16.2. The van der Waals surface area contributed by atoms with Gasteiger partial charge in [0.15, 0.2) is 5.82 Å². The minimum Gasteiger partial charge on any atom is -0.353 e. The standard InChI is InChI=1S/C23H26N6O/c1-28(20-12-6-3-7-13-20)23(30)26-19-11-8-14-29(17-19)22-16-24-15-21(27-22)25-18-9-4-2-5-10-18/h2-7,9-10,12-13,15-16,19H,8,11,14,17H2,1H3,(H,25,27)(H,26,30)/t19-/m1/s1. The van der Waals surface area contributed by atoms with Crippen LogP contribution in [0.2, 0.25) is 0 Å². The molecule has 3 aromatic rings. The molecule has 0 aliphatic carbocycles. The fourth-order valence-corrected chi connectivity index (χ4v) is 3.58. The highest BCUT2D eigenvalue weighted by molar-refractivity contribution is 5.91. The van der Waals surface area contributed by atoms with Gasteiger partial charge >= 0.3 is 6.03 Å². The first kappa shape index (κ1) is 19.7. The molecule has 0 saturated carbocycles. The van der Waals surface area contributed by atoms with Gasteiger partial charge in [0.25, 0.3) is 0 Å². The zero-order valence-electron chi connectivity index (χ0n) is 17.0. The molecule has 2 aromatic carbocycles. The quantitative estimate of drug-likeness (QED) is 0.674. The van der Waals surface area contributed by atoms with Crippen molar-refractivity contribution in [1.82, 2.24) is 15.3 Å². The maximum Gasteiger partial charge on any atom is 0.321 e. The van der Waals surface area contributed by atoms with E-state index in [2.05, 4.69) is 20.5 Å². The van der Waals surface area contributed by atoms with Gasteiger partial charge in [-0.05, 0) is 37.1 Å². The number of anilines is 4. The molecule has 1 fully saturated rings. The predicted octanol–water partition coefficient (Wildman–Crippen LogP) is 4.04. The lowest BCUT2D eigenvalue weighted by Gasteiger charge is -2.34. The highest BCUT2D eigenvalue weighted by Crippen LogP contribution is 2.21. The van der Waals surface area contributed by atoms with Gasteiger partial charge in [-0.15, -0.1) is 0 Å². The first-order valence-electron chi connectivity index (χ1n) is 10.2. The molecular formula is C23H26N6O. The zero-order chi connectivity index (χ0) is 20.8. The number of hydrogen-bond acceptors (Lipinski definition) is 5. The SMILES string of the molecule is CN(C(=O)N[C@@H]1CCCN(c2cncc(Nc3ccccc3)n2)C1)c1ccccc1. The molecule has 30 heavy (non-hydrogen) atoms. The summed E-state index contributed by atoms with van der Waals surface area (Å²) in [4.78, 5) is 25.6. The van der Waals surface area contributed by atoms with Gasteiger partial charge in [-0.1, -0.05) is 36.4 Å². The minimum absolute atomic E-state index is 0.0601. The smallest absolute Gasteiger partial charge is 0.321 e. The predicted molar refractivity (Wildman–Crippen MR) is 120 cm³/mol. The number of nitrogens with zero attached hydrogens (tertiary/aromatic N) is 4. The van der Waals surface area contributed by atoms with E-state index in [1.807, 2.05) is 60.7 Å². The summed E-state index contributed by atoms with van der Waals surface area (Å²) < 4.78 is 0. The van der Waals surface area contributed by atoms with Gasteiger partial charge in [0.05, 0.1) is 12.4 Å². The third-order valence-electron chi connectivity index (χ3n) is 5.19. The van der Waals surface area contributed by atoms with Crippen LogP contribution < -0.4 is 20.4 Å². The number of carbonyl (C=O) groups is 1. The van der Waals surface area contributed by atoms with Crippen molar-refractivity contribution in [3.63, 3.8) is 0 Å². The van der Waals surface area contributed by atoms with E-state index < -0.39 is 0 Å². The topological polar surface area (TPSA) is 73.4 Å². The maximum atomic E-state index is 12.7. The number of aromatic nitrogens is 2. The van der Waals surface area contributed by atoms with Crippen LogP contribution in [-0.4, -0.2) is 42.2 Å². The average Bonchev–Trinajstić information content (AvgIpc) is 2.80. The molecule has 0 radical (unpaired) electrons. The highest BCUT2D eigenvalue weighted by Gasteiger charge is 2.24. The first-order valence-corrected chi connectivity index (χ1v) is 10.2. The number of benzene rings is 2. The van der Waals surface area contributed by atoms with Crippen molar-refractivity contribution >= 4 is 29.0 Å². The Labute approximate surface area is 176 Å². The molecule has 1 atom stereocenters. The molecule has 0 spiro atoms. The van der Waals surface area contributed by atoms with Crippen molar-refractivity contribution in [1.29, 1.82) is 0 Å². The van der Waals surface area contributed by atoms with Gasteiger partial charge in [-0.25, -0.2) is 9.78 Å². The number of piperidine rings is 1. The minimum atomic E-state index is -0.0985. The third-order valence-corrected chi connectivity index (χ3v) is 5.19. The molecule has 4 rings (SSSR count). The number of carbonyl (C=O) groups excluding carboxylic acids is 1. The van der Waals surface area contributed by atoms with Crippen molar-refractivity contribution in [2.75, 3.05) is 35.3 Å². The van der Waals surface area contributed by atoms with Crippen LogP contribution in [0, 0.1) is 0 Å². The van der Waals surface area contributed by atoms with Crippen LogP contribution in [0.5, 0.6) is 0 Å². The number of rotatable bonds is 5. The molecular weight excluding hydrogens is 376 g/mol. The fourth-order valence-electron chi connectivity index (χ4n) is 3.58. The summed E-state index contributed by atoms with van der Waals surface area (Å²) in [5.74, 6) is 1.51.